The first-order valence-electron chi connectivity index (χ1n) is 11.7. The Bertz CT molecular complexity index is 1080. The Morgan fingerprint density at radius 3 is 1.67 bits per heavy atom. The molecule has 0 saturated heterocycles. The molecule has 4 rings (SSSR count). The molecule has 0 spiro atoms. The molecule has 0 radical (unpaired) electrons. The quantitative estimate of drug-likeness (QED) is 0.307. The molecule has 2 heteroatoms. The summed E-state index contributed by atoms with van der Waals surface area (Å²) in [6.07, 6.45) is 0. The summed E-state index contributed by atoms with van der Waals surface area (Å²) >= 11 is 0. The summed E-state index contributed by atoms with van der Waals surface area (Å²) in [5.74, 6) is 0. The van der Waals surface area contributed by atoms with Gasteiger partial charge in [-0.1, -0.05) is 120 Å². The molecule has 4 aromatic rings. The molecule has 0 aliphatic carbocycles. The molecule has 0 amide bonds. The average Bonchev–Trinajstić information content (AvgIpc) is 2.84. The van der Waals surface area contributed by atoms with Crippen molar-refractivity contribution >= 4 is 0 Å². The second-order valence-electron chi connectivity index (χ2n) is 8.84. The maximum absolute atomic E-state index is 6.99. The zero-order valence-electron chi connectivity index (χ0n) is 19.8. The van der Waals surface area contributed by atoms with E-state index >= 15 is 0 Å². The third-order valence-corrected chi connectivity index (χ3v) is 6.22. The van der Waals surface area contributed by atoms with E-state index in [0.29, 0.717) is 6.61 Å². The van der Waals surface area contributed by atoms with Crippen molar-refractivity contribution in [1.82, 2.24) is 5.32 Å². The van der Waals surface area contributed by atoms with Gasteiger partial charge < -0.3 is 10.1 Å². The van der Waals surface area contributed by atoms with Crippen LogP contribution in [0.3, 0.4) is 0 Å². The molecular formula is C31H33NO. The smallest absolute Gasteiger partial charge is 0.133 e. The van der Waals surface area contributed by atoms with Gasteiger partial charge in [-0.15, -0.1) is 0 Å². The lowest BCUT2D eigenvalue weighted by Crippen LogP contribution is -2.49. The van der Waals surface area contributed by atoms with Crippen molar-refractivity contribution in [3.8, 4) is 0 Å². The largest absolute Gasteiger partial charge is 0.359 e. The zero-order valence-corrected chi connectivity index (χ0v) is 19.8. The Kier molecular flexibility index (Phi) is 7.39. The molecule has 0 aliphatic rings. The van der Waals surface area contributed by atoms with Crippen LogP contribution in [0.2, 0.25) is 0 Å². The van der Waals surface area contributed by atoms with Gasteiger partial charge in [0.2, 0.25) is 0 Å². The molecule has 168 valence electrons. The Morgan fingerprint density at radius 1 is 0.667 bits per heavy atom. The maximum Gasteiger partial charge on any atom is 0.133 e. The third kappa shape index (κ3) is 5.42. The van der Waals surface area contributed by atoms with Crippen LogP contribution in [0.25, 0.3) is 0 Å². The molecule has 2 nitrogen and oxygen atoms in total. The summed E-state index contributed by atoms with van der Waals surface area (Å²) in [7, 11) is 0. The Balaban J connectivity index is 1.74. The standard InChI is InChI=1S/C31H33NO/c1-24-19-25(2)21-28(20-24)23-33-31(29-15-9-5-10-16-29,30-17-11-6-12-18-30)26(3)32-22-27-13-7-4-8-14-27/h4-21,26,32H,22-23H2,1-3H3. The van der Waals surface area contributed by atoms with Gasteiger partial charge in [-0.05, 0) is 43.0 Å². The van der Waals surface area contributed by atoms with Crippen LogP contribution in [0.15, 0.2) is 109 Å². The number of hydrogen-bond donors (Lipinski definition) is 1. The Hall–Kier alpha value is -3.20. The highest BCUT2D eigenvalue weighted by atomic mass is 16.5. The minimum Gasteiger partial charge on any atom is -0.359 e. The highest BCUT2D eigenvalue weighted by Gasteiger charge is 2.41. The SMILES string of the molecule is Cc1cc(C)cc(COC(c2ccccc2)(c2ccccc2)C(C)NCc2ccccc2)c1. The van der Waals surface area contributed by atoms with E-state index in [1.54, 1.807) is 0 Å². The van der Waals surface area contributed by atoms with Crippen molar-refractivity contribution in [1.29, 1.82) is 0 Å². The number of rotatable bonds is 9. The van der Waals surface area contributed by atoms with Gasteiger partial charge in [0.1, 0.15) is 5.60 Å². The van der Waals surface area contributed by atoms with Gasteiger partial charge in [0.05, 0.1) is 6.61 Å². The molecule has 0 fully saturated rings. The van der Waals surface area contributed by atoms with Crippen LogP contribution in [0.5, 0.6) is 0 Å². The molecule has 1 N–H and O–H groups in total. The first kappa shape index (κ1) is 23.0. The first-order valence-corrected chi connectivity index (χ1v) is 11.7. The summed E-state index contributed by atoms with van der Waals surface area (Å²) in [5.41, 5.74) is 6.62. The van der Waals surface area contributed by atoms with Gasteiger partial charge in [0.15, 0.2) is 0 Å². The van der Waals surface area contributed by atoms with Crippen molar-refractivity contribution in [2.45, 2.75) is 45.6 Å². The first-order chi connectivity index (χ1) is 16.1. The molecule has 4 aromatic carbocycles. The van der Waals surface area contributed by atoms with E-state index in [-0.39, 0.29) is 6.04 Å². The fourth-order valence-electron chi connectivity index (χ4n) is 4.69. The third-order valence-electron chi connectivity index (χ3n) is 6.22. The highest BCUT2D eigenvalue weighted by Crippen LogP contribution is 2.38. The fraction of sp³-hybridized carbons (Fsp3) is 0.226. The average molecular weight is 436 g/mol. The maximum atomic E-state index is 6.99. The van der Waals surface area contributed by atoms with Crippen LogP contribution in [-0.4, -0.2) is 6.04 Å². The lowest BCUT2D eigenvalue weighted by molar-refractivity contribution is -0.0537. The predicted molar refractivity (Wildman–Crippen MR) is 137 cm³/mol. The van der Waals surface area contributed by atoms with Crippen LogP contribution in [0.4, 0.5) is 0 Å². The topological polar surface area (TPSA) is 21.3 Å². The molecule has 0 heterocycles. The van der Waals surface area contributed by atoms with E-state index in [9.17, 15) is 0 Å². The van der Waals surface area contributed by atoms with Gasteiger partial charge in [-0.2, -0.15) is 0 Å². The summed E-state index contributed by atoms with van der Waals surface area (Å²) in [5, 5.41) is 3.77. The molecule has 33 heavy (non-hydrogen) atoms. The van der Waals surface area contributed by atoms with Crippen LogP contribution in [0.1, 0.15) is 40.3 Å². The van der Waals surface area contributed by atoms with Crippen LogP contribution < -0.4 is 5.32 Å². The normalized spacial score (nSPS) is 12.5. The van der Waals surface area contributed by atoms with Gasteiger partial charge in [-0.25, -0.2) is 0 Å². The molecular weight excluding hydrogens is 402 g/mol. The predicted octanol–water partition coefficient (Wildman–Crippen LogP) is 6.94. The van der Waals surface area contributed by atoms with E-state index < -0.39 is 5.60 Å². The lowest BCUT2D eigenvalue weighted by Gasteiger charge is -2.41. The minimum atomic E-state index is -0.644. The molecule has 0 aliphatic heterocycles. The summed E-state index contributed by atoms with van der Waals surface area (Å²) < 4.78 is 6.99. The van der Waals surface area contributed by atoms with Crippen molar-refractivity contribution < 1.29 is 4.74 Å². The summed E-state index contributed by atoms with van der Waals surface area (Å²) in [6, 6.07) is 38.4. The molecule has 1 unspecified atom stereocenters. The number of hydrogen-bond acceptors (Lipinski definition) is 2. The minimum absolute atomic E-state index is 0.0217. The monoisotopic (exact) mass is 435 g/mol. The van der Waals surface area contributed by atoms with Gasteiger partial charge >= 0.3 is 0 Å². The molecule has 0 bridgehead atoms. The molecule has 0 aromatic heterocycles. The van der Waals surface area contributed by atoms with Crippen LogP contribution in [-0.2, 0) is 23.5 Å². The fourth-order valence-corrected chi connectivity index (χ4v) is 4.69. The van der Waals surface area contributed by atoms with Crippen LogP contribution >= 0.6 is 0 Å². The number of nitrogens with one attached hydrogen (secondary N) is 1. The summed E-state index contributed by atoms with van der Waals surface area (Å²) in [6.45, 7) is 7.81. The number of aryl methyl sites for hydroxylation is 2. The van der Waals surface area contributed by atoms with E-state index in [1.807, 2.05) is 0 Å². The molecule has 0 saturated carbocycles. The van der Waals surface area contributed by atoms with Crippen LogP contribution in [0, 0.1) is 13.8 Å². The van der Waals surface area contributed by atoms with Gasteiger partial charge in [0, 0.05) is 12.6 Å². The zero-order chi connectivity index (χ0) is 23.1. The lowest BCUT2D eigenvalue weighted by atomic mass is 9.80. The van der Waals surface area contributed by atoms with Crippen molar-refractivity contribution in [3.05, 3.63) is 143 Å². The highest BCUT2D eigenvalue weighted by molar-refractivity contribution is 5.39. The van der Waals surface area contributed by atoms with E-state index in [1.165, 1.54) is 22.3 Å². The second kappa shape index (κ2) is 10.6. The van der Waals surface area contributed by atoms with E-state index in [4.69, 9.17) is 4.74 Å². The number of ether oxygens (including phenoxy) is 1. The molecule has 1 atom stereocenters. The van der Waals surface area contributed by atoms with Crippen molar-refractivity contribution in [2.24, 2.45) is 0 Å². The van der Waals surface area contributed by atoms with Gasteiger partial charge in [-0.3, -0.25) is 0 Å². The van der Waals surface area contributed by atoms with Gasteiger partial charge in [0.25, 0.3) is 0 Å². The van der Waals surface area contributed by atoms with Crippen molar-refractivity contribution in [2.75, 3.05) is 0 Å². The Morgan fingerprint density at radius 2 is 1.15 bits per heavy atom. The summed E-state index contributed by atoms with van der Waals surface area (Å²) in [4.78, 5) is 0. The second-order valence-corrected chi connectivity index (χ2v) is 8.84. The van der Waals surface area contributed by atoms with Crippen molar-refractivity contribution in [3.63, 3.8) is 0 Å². The van der Waals surface area contributed by atoms with E-state index in [2.05, 4.69) is 135 Å². The Labute approximate surface area is 198 Å². The number of benzene rings is 4. The van der Waals surface area contributed by atoms with E-state index in [0.717, 1.165) is 17.7 Å².